The zero-order valence-corrected chi connectivity index (χ0v) is 13.1. The average molecular weight is 350 g/mol. The van der Waals surface area contributed by atoms with E-state index in [1.54, 1.807) is 6.07 Å². The summed E-state index contributed by atoms with van der Waals surface area (Å²) >= 11 is 0. The molecule has 0 saturated heterocycles. The number of nitrogens with zero attached hydrogens (tertiary/aromatic N) is 3. The van der Waals surface area contributed by atoms with Gasteiger partial charge in [0.05, 0.1) is 4.92 Å². The van der Waals surface area contributed by atoms with Gasteiger partial charge in [-0.25, -0.2) is 0 Å². The number of aromatic nitrogens is 2. The number of amides is 1. The van der Waals surface area contributed by atoms with Crippen LogP contribution in [0.5, 0.6) is 0 Å². The van der Waals surface area contributed by atoms with Crippen LogP contribution in [-0.2, 0) is 0 Å². The monoisotopic (exact) mass is 350 g/mol. The van der Waals surface area contributed by atoms with Crippen molar-refractivity contribution in [3.05, 3.63) is 70.3 Å². The second kappa shape index (κ2) is 6.13. The topological polar surface area (TPSA) is 124 Å². The van der Waals surface area contributed by atoms with Gasteiger partial charge >= 0.3 is 6.01 Å². The standard InChI is InChI=1S/C17H10N4O5/c22-15(10-5-7-12(8-6-10)21(23)24)18-17-20-19-16(26-17)14-9-11-3-1-2-4-13(11)25-14/h1-9H,(H,18,20,22). The van der Waals surface area contributed by atoms with Gasteiger partial charge in [-0.15, -0.1) is 5.10 Å². The molecule has 0 unspecified atom stereocenters. The first-order valence-electron chi connectivity index (χ1n) is 7.48. The number of benzene rings is 2. The number of furan rings is 1. The lowest BCUT2D eigenvalue weighted by molar-refractivity contribution is -0.384. The molecule has 128 valence electrons. The number of fused-ring (bicyclic) bond motifs is 1. The van der Waals surface area contributed by atoms with Gasteiger partial charge in [0.15, 0.2) is 5.76 Å². The number of carbonyl (C=O) groups is 1. The molecule has 1 N–H and O–H groups in total. The van der Waals surface area contributed by atoms with Crippen LogP contribution in [0.1, 0.15) is 10.4 Å². The van der Waals surface area contributed by atoms with E-state index in [-0.39, 0.29) is 23.2 Å². The molecule has 9 nitrogen and oxygen atoms in total. The summed E-state index contributed by atoms with van der Waals surface area (Å²) in [5.74, 6) is -0.0190. The Balaban J connectivity index is 1.52. The van der Waals surface area contributed by atoms with Gasteiger partial charge in [-0.1, -0.05) is 23.3 Å². The van der Waals surface area contributed by atoms with Crippen LogP contribution >= 0.6 is 0 Å². The lowest BCUT2D eigenvalue weighted by Gasteiger charge is -1.99. The maximum Gasteiger partial charge on any atom is 0.322 e. The smallest absolute Gasteiger partial charge is 0.322 e. The van der Waals surface area contributed by atoms with Crippen LogP contribution in [0.3, 0.4) is 0 Å². The molecule has 26 heavy (non-hydrogen) atoms. The van der Waals surface area contributed by atoms with E-state index in [0.29, 0.717) is 11.3 Å². The van der Waals surface area contributed by atoms with Crippen molar-refractivity contribution in [1.82, 2.24) is 10.2 Å². The van der Waals surface area contributed by atoms with E-state index in [0.717, 1.165) is 5.39 Å². The van der Waals surface area contributed by atoms with Crippen molar-refractivity contribution in [3.63, 3.8) is 0 Å². The fourth-order valence-electron chi connectivity index (χ4n) is 2.36. The number of non-ortho nitro benzene ring substituents is 1. The third-order valence-corrected chi connectivity index (χ3v) is 3.62. The van der Waals surface area contributed by atoms with E-state index in [2.05, 4.69) is 15.5 Å². The van der Waals surface area contributed by atoms with Crippen molar-refractivity contribution in [3.8, 4) is 11.7 Å². The van der Waals surface area contributed by atoms with Crippen molar-refractivity contribution < 1.29 is 18.6 Å². The van der Waals surface area contributed by atoms with Gasteiger partial charge in [-0.2, -0.15) is 0 Å². The van der Waals surface area contributed by atoms with Crippen molar-refractivity contribution in [2.75, 3.05) is 5.32 Å². The lowest BCUT2D eigenvalue weighted by atomic mass is 10.2. The number of para-hydroxylation sites is 1. The predicted octanol–water partition coefficient (Wildman–Crippen LogP) is 3.64. The summed E-state index contributed by atoms with van der Waals surface area (Å²) in [5.41, 5.74) is 0.794. The number of carbonyl (C=O) groups excluding carboxylic acids is 1. The molecule has 0 radical (unpaired) electrons. The Kier molecular flexibility index (Phi) is 3.66. The van der Waals surface area contributed by atoms with Crippen molar-refractivity contribution in [2.24, 2.45) is 0 Å². The molecule has 9 heteroatoms. The number of nitro benzene ring substituents is 1. The molecular formula is C17H10N4O5. The van der Waals surface area contributed by atoms with Crippen LogP contribution in [0.25, 0.3) is 22.6 Å². The number of nitro groups is 1. The number of anilines is 1. The van der Waals surface area contributed by atoms with E-state index in [1.165, 1.54) is 24.3 Å². The molecule has 0 aliphatic rings. The van der Waals surface area contributed by atoms with E-state index in [9.17, 15) is 14.9 Å². The lowest BCUT2D eigenvalue weighted by Crippen LogP contribution is -2.12. The second-order valence-corrected chi connectivity index (χ2v) is 5.32. The van der Waals surface area contributed by atoms with Gasteiger partial charge in [0.2, 0.25) is 0 Å². The van der Waals surface area contributed by atoms with Gasteiger partial charge in [-0.05, 0) is 24.3 Å². The van der Waals surface area contributed by atoms with Crippen molar-refractivity contribution in [2.45, 2.75) is 0 Å². The largest absolute Gasteiger partial charge is 0.451 e. The first-order chi connectivity index (χ1) is 12.6. The molecule has 4 aromatic rings. The Morgan fingerprint density at radius 1 is 1.04 bits per heavy atom. The molecule has 0 fully saturated rings. The Bertz CT molecular complexity index is 1080. The minimum atomic E-state index is -0.542. The minimum absolute atomic E-state index is 0.105. The van der Waals surface area contributed by atoms with Crippen molar-refractivity contribution >= 4 is 28.6 Å². The first-order valence-corrected chi connectivity index (χ1v) is 7.48. The number of hydrogen-bond donors (Lipinski definition) is 1. The molecule has 0 bridgehead atoms. The molecule has 4 rings (SSSR count). The quantitative estimate of drug-likeness (QED) is 0.440. The Morgan fingerprint density at radius 2 is 1.81 bits per heavy atom. The molecule has 2 aromatic carbocycles. The van der Waals surface area contributed by atoms with Gasteiger partial charge in [0.1, 0.15) is 5.58 Å². The van der Waals surface area contributed by atoms with Crippen LogP contribution in [0.15, 0.2) is 63.4 Å². The zero-order chi connectivity index (χ0) is 18.1. The van der Waals surface area contributed by atoms with E-state index >= 15 is 0 Å². The molecule has 1 amide bonds. The predicted molar refractivity (Wildman–Crippen MR) is 90.6 cm³/mol. The highest BCUT2D eigenvalue weighted by molar-refractivity contribution is 6.03. The number of nitrogens with one attached hydrogen (secondary N) is 1. The van der Waals surface area contributed by atoms with Crippen LogP contribution in [0.2, 0.25) is 0 Å². The molecule has 0 aliphatic heterocycles. The third-order valence-electron chi connectivity index (χ3n) is 3.62. The highest BCUT2D eigenvalue weighted by atomic mass is 16.6. The molecule has 0 aliphatic carbocycles. The van der Waals surface area contributed by atoms with Crippen molar-refractivity contribution in [1.29, 1.82) is 0 Å². The summed E-state index contributed by atoms with van der Waals surface area (Å²) < 4.78 is 11.0. The van der Waals surface area contributed by atoms with Gasteiger partial charge < -0.3 is 8.83 Å². The van der Waals surface area contributed by atoms with E-state index in [4.69, 9.17) is 8.83 Å². The van der Waals surface area contributed by atoms with Crippen LogP contribution in [0, 0.1) is 10.1 Å². The number of rotatable bonds is 4. The second-order valence-electron chi connectivity index (χ2n) is 5.32. The summed E-state index contributed by atoms with van der Waals surface area (Å²) in [6.07, 6.45) is 0. The SMILES string of the molecule is O=C(Nc1nnc(-c2cc3ccccc3o2)o1)c1ccc([N+](=O)[O-])cc1. The van der Waals surface area contributed by atoms with Crippen LogP contribution in [-0.4, -0.2) is 21.0 Å². The summed E-state index contributed by atoms with van der Waals surface area (Å²) in [7, 11) is 0. The normalized spacial score (nSPS) is 10.8. The molecule has 0 spiro atoms. The van der Waals surface area contributed by atoms with Gasteiger partial charge in [-0.3, -0.25) is 20.2 Å². The summed E-state index contributed by atoms with van der Waals surface area (Å²) in [4.78, 5) is 22.2. The third kappa shape index (κ3) is 2.88. The van der Waals surface area contributed by atoms with Crippen LogP contribution < -0.4 is 5.32 Å². The maximum absolute atomic E-state index is 12.1. The van der Waals surface area contributed by atoms with Crippen LogP contribution in [0.4, 0.5) is 11.7 Å². The Hall–Kier alpha value is -4.01. The Labute approximate surface area is 145 Å². The van der Waals surface area contributed by atoms with Gasteiger partial charge in [0.25, 0.3) is 17.5 Å². The molecule has 0 atom stereocenters. The zero-order valence-electron chi connectivity index (χ0n) is 13.1. The fourth-order valence-corrected chi connectivity index (χ4v) is 2.36. The fraction of sp³-hybridized carbons (Fsp3) is 0. The van der Waals surface area contributed by atoms with E-state index < -0.39 is 10.8 Å². The average Bonchev–Trinajstić information content (AvgIpc) is 3.28. The first kappa shape index (κ1) is 15.5. The highest BCUT2D eigenvalue weighted by Crippen LogP contribution is 2.27. The summed E-state index contributed by atoms with van der Waals surface area (Å²) in [6.45, 7) is 0. The molecule has 2 heterocycles. The molecular weight excluding hydrogens is 340 g/mol. The maximum atomic E-state index is 12.1. The Morgan fingerprint density at radius 3 is 2.54 bits per heavy atom. The van der Waals surface area contributed by atoms with E-state index in [1.807, 2.05) is 24.3 Å². The highest BCUT2D eigenvalue weighted by Gasteiger charge is 2.16. The minimum Gasteiger partial charge on any atom is -0.451 e. The van der Waals surface area contributed by atoms with Gasteiger partial charge in [0, 0.05) is 23.1 Å². The summed E-state index contributed by atoms with van der Waals surface area (Å²) in [5, 5.41) is 21.6. The molecule has 2 aromatic heterocycles. The molecule has 0 saturated carbocycles. The number of hydrogen-bond acceptors (Lipinski definition) is 7. The summed E-state index contributed by atoms with van der Waals surface area (Å²) in [6, 6.07) is 14.2.